The van der Waals surface area contributed by atoms with Gasteiger partial charge in [0.1, 0.15) is 25.3 Å². The molecule has 20 heteroatoms. The molecule has 0 spiro atoms. The van der Waals surface area contributed by atoms with Crippen LogP contribution in [0.2, 0.25) is 0 Å². The van der Waals surface area contributed by atoms with Gasteiger partial charge < -0.3 is 24.6 Å². The molecule has 16 nitrogen and oxygen atoms in total. The van der Waals surface area contributed by atoms with Gasteiger partial charge in [-0.2, -0.15) is 0 Å². The summed E-state index contributed by atoms with van der Waals surface area (Å²) in [5.41, 5.74) is 2.46. The molecule has 54 heavy (non-hydrogen) atoms. The zero-order chi connectivity index (χ0) is 39.6. The first-order valence-electron chi connectivity index (χ1n) is 16.5. The lowest BCUT2D eigenvalue weighted by Crippen LogP contribution is -2.50. The average molecular weight is 823 g/mol. The van der Waals surface area contributed by atoms with Crippen molar-refractivity contribution in [2.45, 2.75) is 47.8 Å². The van der Waals surface area contributed by atoms with Gasteiger partial charge in [0, 0.05) is 52.1 Å². The zero-order valence-electron chi connectivity index (χ0n) is 29.3. The molecule has 0 amide bonds. The fourth-order valence-corrected chi connectivity index (χ4v) is 7.06. The highest BCUT2D eigenvalue weighted by atomic mass is 32.2. The van der Waals surface area contributed by atoms with Crippen LogP contribution in [0.25, 0.3) is 0 Å². The number of likely N-dealkylation sites (N-methyl/N-ethyl adjacent to an activating group) is 1. The number of nitrogens with two attached hydrogens (primary N) is 2. The van der Waals surface area contributed by atoms with Gasteiger partial charge in [0.15, 0.2) is 10.1 Å². The first-order valence-corrected chi connectivity index (χ1v) is 20.4. The molecule has 0 saturated carbocycles. The highest BCUT2D eigenvalue weighted by Gasteiger charge is 2.30. The number of benzene rings is 2. The van der Waals surface area contributed by atoms with Crippen molar-refractivity contribution in [2.24, 2.45) is 10.3 Å². The molecular formula is C34H42N6O10S4. The molecule has 0 fully saturated rings. The van der Waals surface area contributed by atoms with Crippen molar-refractivity contribution in [3.63, 3.8) is 0 Å². The number of aromatic nitrogens is 1. The Hall–Kier alpha value is -3.99. The summed E-state index contributed by atoms with van der Waals surface area (Å²) >= 11 is 10.7. The summed E-state index contributed by atoms with van der Waals surface area (Å²) in [4.78, 5) is 35.2. The van der Waals surface area contributed by atoms with Crippen LogP contribution in [0.3, 0.4) is 0 Å². The van der Waals surface area contributed by atoms with Crippen LogP contribution < -0.4 is 10.3 Å². The summed E-state index contributed by atoms with van der Waals surface area (Å²) in [6.45, 7) is 1.29. The van der Waals surface area contributed by atoms with Crippen molar-refractivity contribution in [2.75, 3.05) is 46.4 Å². The van der Waals surface area contributed by atoms with E-state index in [9.17, 15) is 36.6 Å². The van der Waals surface area contributed by atoms with Crippen LogP contribution in [-0.2, 0) is 65.0 Å². The van der Waals surface area contributed by atoms with Crippen LogP contribution in [0.4, 0.5) is 0 Å². The van der Waals surface area contributed by atoms with Gasteiger partial charge in [-0.3, -0.25) is 24.4 Å². The lowest BCUT2D eigenvalue weighted by Gasteiger charge is -2.33. The van der Waals surface area contributed by atoms with Gasteiger partial charge in [-0.15, -0.1) is 0 Å². The Morgan fingerprint density at radius 1 is 0.704 bits per heavy atom. The number of carboxylic acid groups (broad SMARTS) is 2. The summed E-state index contributed by atoms with van der Waals surface area (Å²) in [6.07, 6.45) is 0.307. The van der Waals surface area contributed by atoms with Crippen molar-refractivity contribution in [1.82, 2.24) is 19.7 Å². The maximum Gasteiger partial charge on any atom is 0.324 e. The average Bonchev–Trinajstić information content (AvgIpc) is 3.08. The molecular weight excluding hydrogens is 781 g/mol. The summed E-state index contributed by atoms with van der Waals surface area (Å²) in [5.74, 6) is -2.23. The smallest absolute Gasteiger partial charge is 0.324 e. The molecule has 6 N–H and O–H groups in total. The Balaban J connectivity index is 1.43. The Kier molecular flexibility index (Phi) is 15.1. The van der Waals surface area contributed by atoms with E-state index in [1.807, 2.05) is 11.9 Å². The number of pyridine rings is 1. The van der Waals surface area contributed by atoms with Gasteiger partial charge in [-0.05, 0) is 79.0 Å². The van der Waals surface area contributed by atoms with Crippen molar-refractivity contribution >= 4 is 66.5 Å². The molecule has 1 aliphatic rings. The molecule has 2 atom stereocenters. The van der Waals surface area contributed by atoms with E-state index >= 15 is 0 Å². The number of sulfonamides is 2. The fourth-order valence-electron chi connectivity index (χ4n) is 5.56. The maximum atomic E-state index is 12.5. The van der Waals surface area contributed by atoms with Crippen LogP contribution in [-0.4, -0.2) is 127 Å². The number of carbonyl (C=O) groups is 2. The SMILES string of the molecule is CN1CCN(C(COC(=S)Cc2ccc(S(N)(=O)=O)cc2)C(=O)O)Cc2cccc(n2)CN(C(COC(=S)Cc2ccc(S(N)(=O)=O)cc2)C(=O)O)CC1. The largest absolute Gasteiger partial charge is 0.484 e. The number of thiocarbonyl (C=S) groups is 2. The molecule has 4 rings (SSSR count). The molecule has 2 aromatic carbocycles. The van der Waals surface area contributed by atoms with E-state index in [0.29, 0.717) is 48.7 Å². The standard InChI is InChI=1S/C34H42N6O10S4/c1-38-13-15-39(29(33(41)42)21-49-31(51)17-23-5-9-27(10-6-23)53(35,45)46)19-25-3-2-4-26(37-25)20-40(16-14-38)30(34(43)44)22-50-32(52)18-24-7-11-28(12-8-24)54(36,47)48/h2-12,29-30H,13-22H2,1H3,(H,41,42)(H,43,44)(H2,35,45,46)(H2,36,47,48). The van der Waals surface area contributed by atoms with Crippen LogP contribution >= 0.6 is 24.4 Å². The van der Waals surface area contributed by atoms with Crippen LogP contribution in [0.15, 0.2) is 76.5 Å². The van der Waals surface area contributed by atoms with Gasteiger partial charge in [0.2, 0.25) is 20.0 Å². The fraction of sp³-hybridized carbons (Fsp3) is 0.382. The molecule has 0 radical (unpaired) electrons. The van der Waals surface area contributed by atoms with Gasteiger partial charge in [0.05, 0.1) is 21.2 Å². The Bertz CT molecular complexity index is 1890. The van der Waals surface area contributed by atoms with Crippen LogP contribution in [0.5, 0.6) is 0 Å². The van der Waals surface area contributed by atoms with Crippen LogP contribution in [0.1, 0.15) is 22.5 Å². The second-order valence-electron chi connectivity index (χ2n) is 12.7. The summed E-state index contributed by atoms with van der Waals surface area (Å²) in [6, 6.07) is 14.8. The van der Waals surface area contributed by atoms with Crippen molar-refractivity contribution < 1.29 is 46.1 Å². The molecule has 2 heterocycles. The molecule has 2 unspecified atom stereocenters. The third-order valence-corrected chi connectivity index (χ3v) is 11.0. The number of ether oxygens (including phenoxy) is 2. The Labute approximate surface area is 324 Å². The minimum absolute atomic E-state index is 0.0443. The van der Waals surface area contributed by atoms with E-state index in [1.165, 1.54) is 24.3 Å². The van der Waals surface area contributed by atoms with Gasteiger partial charge >= 0.3 is 11.9 Å². The third kappa shape index (κ3) is 13.1. The highest BCUT2D eigenvalue weighted by Crippen LogP contribution is 2.16. The van der Waals surface area contributed by atoms with Crippen molar-refractivity contribution in [1.29, 1.82) is 0 Å². The maximum absolute atomic E-state index is 12.5. The van der Waals surface area contributed by atoms with Crippen molar-refractivity contribution in [3.8, 4) is 0 Å². The number of hydrogen-bond donors (Lipinski definition) is 4. The molecule has 1 aliphatic heterocycles. The second-order valence-corrected chi connectivity index (χ2v) is 16.7. The topological polar surface area (TPSA) is 236 Å². The van der Waals surface area contributed by atoms with E-state index in [0.717, 1.165) is 0 Å². The Morgan fingerprint density at radius 3 is 1.41 bits per heavy atom. The highest BCUT2D eigenvalue weighted by molar-refractivity contribution is 7.89. The molecule has 2 bridgehead atoms. The summed E-state index contributed by atoms with van der Waals surface area (Å²) in [5, 5.41) is 31.1. The number of nitrogens with zero attached hydrogens (tertiary/aromatic N) is 4. The number of fused-ring (bicyclic) bond motifs is 2. The number of aliphatic carboxylic acids is 2. The van der Waals surface area contributed by atoms with Crippen molar-refractivity contribution in [3.05, 3.63) is 89.2 Å². The molecule has 1 aromatic heterocycles. The molecule has 0 aliphatic carbocycles. The predicted molar refractivity (Wildman–Crippen MR) is 206 cm³/mol. The minimum Gasteiger partial charge on any atom is -0.484 e. The molecule has 0 saturated heterocycles. The van der Waals surface area contributed by atoms with E-state index in [2.05, 4.69) is 0 Å². The van der Waals surface area contributed by atoms with E-state index < -0.39 is 44.1 Å². The minimum atomic E-state index is -3.85. The van der Waals surface area contributed by atoms with E-state index in [1.54, 1.807) is 52.3 Å². The third-order valence-electron chi connectivity index (χ3n) is 8.59. The normalized spacial score (nSPS) is 16.3. The van der Waals surface area contributed by atoms with E-state index in [-0.39, 0.29) is 59.0 Å². The zero-order valence-corrected chi connectivity index (χ0v) is 32.6. The lowest BCUT2D eigenvalue weighted by atomic mass is 10.1. The number of hydrogen-bond acceptors (Lipinski definition) is 14. The quantitative estimate of drug-likeness (QED) is 0.166. The van der Waals surface area contributed by atoms with Gasteiger partial charge in [-0.25, -0.2) is 27.1 Å². The lowest BCUT2D eigenvalue weighted by molar-refractivity contribution is -0.145. The summed E-state index contributed by atoms with van der Waals surface area (Å²) in [7, 11) is -5.85. The van der Waals surface area contributed by atoms with Gasteiger partial charge in [-0.1, -0.05) is 30.3 Å². The first-order chi connectivity index (χ1) is 25.4. The first kappa shape index (κ1) is 42.7. The number of carboxylic acids is 2. The van der Waals surface area contributed by atoms with Gasteiger partial charge in [0.25, 0.3) is 0 Å². The number of rotatable bonds is 14. The molecule has 292 valence electrons. The van der Waals surface area contributed by atoms with Crippen LogP contribution in [0, 0.1) is 0 Å². The summed E-state index contributed by atoms with van der Waals surface area (Å²) < 4.78 is 57.7. The predicted octanol–water partition coefficient (Wildman–Crippen LogP) is 1.01. The second kappa shape index (κ2) is 19.0. The molecule has 3 aromatic rings. The Morgan fingerprint density at radius 2 is 1.07 bits per heavy atom. The van der Waals surface area contributed by atoms with E-state index in [4.69, 9.17) is 49.2 Å². The number of primary sulfonamides is 2. The monoisotopic (exact) mass is 822 g/mol.